The van der Waals surface area contributed by atoms with Gasteiger partial charge >= 0.3 is 5.97 Å². The molecule has 0 spiro atoms. The Morgan fingerprint density at radius 2 is 1.96 bits per heavy atom. The van der Waals surface area contributed by atoms with Crippen LogP contribution < -0.4 is 0 Å². The molecule has 148 valence electrons. The van der Waals surface area contributed by atoms with Crippen LogP contribution in [0.3, 0.4) is 0 Å². The number of hydrogen-bond acceptors (Lipinski definition) is 4. The first-order valence-corrected chi connectivity index (χ1v) is 10.4. The molecule has 0 amide bonds. The number of carbonyl (C=O) groups excluding carboxylic acids is 1. The van der Waals surface area contributed by atoms with Gasteiger partial charge in [-0.1, -0.05) is 42.5 Å². The predicted octanol–water partition coefficient (Wildman–Crippen LogP) is 3.80. The van der Waals surface area contributed by atoms with Gasteiger partial charge in [0.2, 0.25) is 0 Å². The molecule has 1 fully saturated rings. The second-order valence-electron chi connectivity index (χ2n) is 8.01. The second-order valence-corrected chi connectivity index (χ2v) is 8.01. The maximum Gasteiger partial charge on any atom is 0.306 e. The van der Waals surface area contributed by atoms with Crippen LogP contribution in [0.15, 0.2) is 42.5 Å². The van der Waals surface area contributed by atoms with E-state index in [0.29, 0.717) is 19.3 Å². The van der Waals surface area contributed by atoms with Gasteiger partial charge in [-0.2, -0.15) is 0 Å². The Morgan fingerprint density at radius 1 is 1.15 bits per heavy atom. The number of allylic oxidation sites excluding steroid dienone is 2. The van der Waals surface area contributed by atoms with Gasteiger partial charge in [0.05, 0.1) is 12.2 Å². The number of ether oxygens (including phenoxy) is 1. The summed E-state index contributed by atoms with van der Waals surface area (Å²) in [5, 5.41) is 21.0. The van der Waals surface area contributed by atoms with Gasteiger partial charge in [0, 0.05) is 18.8 Å². The fourth-order valence-electron chi connectivity index (χ4n) is 4.49. The normalized spacial score (nSPS) is 29.8. The Kier molecular flexibility index (Phi) is 7.48. The smallest absolute Gasteiger partial charge is 0.306 e. The van der Waals surface area contributed by atoms with E-state index in [1.165, 1.54) is 5.56 Å². The van der Waals surface area contributed by atoms with Crippen LogP contribution in [0, 0.1) is 11.8 Å². The zero-order valence-electron chi connectivity index (χ0n) is 16.0. The minimum atomic E-state index is -0.455. The van der Waals surface area contributed by atoms with E-state index in [1.54, 1.807) is 0 Å². The van der Waals surface area contributed by atoms with Gasteiger partial charge in [0.25, 0.3) is 0 Å². The molecule has 4 heteroatoms. The molecule has 4 nitrogen and oxygen atoms in total. The first-order valence-electron chi connectivity index (χ1n) is 10.4. The summed E-state index contributed by atoms with van der Waals surface area (Å²) in [5.74, 6) is 0.0916. The fraction of sp³-hybridized carbons (Fsp3) is 0.609. The molecule has 1 aromatic carbocycles. The van der Waals surface area contributed by atoms with Crippen molar-refractivity contribution >= 4 is 5.97 Å². The number of aryl methyl sites for hydroxylation is 1. The highest BCUT2D eigenvalue weighted by Gasteiger charge is 2.43. The van der Waals surface area contributed by atoms with Gasteiger partial charge in [-0.15, -0.1) is 0 Å². The molecule has 1 saturated carbocycles. The molecular formula is C23H32O4. The van der Waals surface area contributed by atoms with Crippen LogP contribution >= 0.6 is 0 Å². The number of esters is 1. The highest BCUT2D eigenvalue weighted by Crippen LogP contribution is 2.40. The van der Waals surface area contributed by atoms with Crippen LogP contribution in [0.2, 0.25) is 0 Å². The molecule has 2 aliphatic rings. The summed E-state index contributed by atoms with van der Waals surface area (Å²) in [6.07, 6.45) is 9.88. The number of hydrogen-bond donors (Lipinski definition) is 2. The van der Waals surface area contributed by atoms with Crippen LogP contribution in [-0.2, 0) is 16.0 Å². The zero-order valence-corrected chi connectivity index (χ0v) is 16.0. The highest BCUT2D eigenvalue weighted by molar-refractivity contribution is 5.69. The van der Waals surface area contributed by atoms with Crippen molar-refractivity contribution < 1.29 is 19.7 Å². The summed E-state index contributed by atoms with van der Waals surface area (Å²) < 4.78 is 5.67. The number of carbonyl (C=O) groups is 1. The minimum Gasteiger partial charge on any atom is -0.462 e. The van der Waals surface area contributed by atoms with Crippen LogP contribution in [0.1, 0.15) is 56.9 Å². The summed E-state index contributed by atoms with van der Waals surface area (Å²) in [6.45, 7) is 0. The summed E-state index contributed by atoms with van der Waals surface area (Å²) in [4.78, 5) is 12.0. The summed E-state index contributed by atoms with van der Waals surface area (Å²) in [6, 6.07) is 10.2. The lowest BCUT2D eigenvalue weighted by atomic mass is 9.85. The summed E-state index contributed by atoms with van der Waals surface area (Å²) in [5.41, 5.74) is 1.24. The molecule has 1 aliphatic carbocycles. The first kappa shape index (κ1) is 20.1. The molecule has 27 heavy (non-hydrogen) atoms. The third kappa shape index (κ3) is 5.91. The number of aliphatic hydroxyl groups is 2. The van der Waals surface area contributed by atoms with E-state index in [1.807, 2.05) is 18.2 Å². The van der Waals surface area contributed by atoms with Crippen molar-refractivity contribution in [3.63, 3.8) is 0 Å². The molecule has 0 unspecified atom stereocenters. The van der Waals surface area contributed by atoms with E-state index in [0.717, 1.165) is 38.5 Å². The molecular weight excluding hydrogens is 340 g/mol. The van der Waals surface area contributed by atoms with E-state index >= 15 is 0 Å². The van der Waals surface area contributed by atoms with Crippen molar-refractivity contribution in [1.29, 1.82) is 0 Å². The lowest BCUT2D eigenvalue weighted by Gasteiger charge is -2.26. The number of rotatable bonds is 6. The Morgan fingerprint density at radius 3 is 2.78 bits per heavy atom. The number of benzene rings is 1. The fourth-order valence-corrected chi connectivity index (χ4v) is 4.49. The average Bonchev–Trinajstić information content (AvgIpc) is 2.96. The number of aliphatic hydroxyl groups excluding tert-OH is 2. The highest BCUT2D eigenvalue weighted by atomic mass is 16.5. The van der Waals surface area contributed by atoms with E-state index in [-0.39, 0.29) is 30.0 Å². The lowest BCUT2D eigenvalue weighted by molar-refractivity contribution is -0.151. The predicted molar refractivity (Wildman–Crippen MR) is 105 cm³/mol. The average molecular weight is 373 g/mol. The Bertz CT molecular complexity index is 612. The van der Waals surface area contributed by atoms with Gasteiger partial charge < -0.3 is 14.9 Å². The summed E-state index contributed by atoms with van der Waals surface area (Å²) >= 11 is 0. The van der Waals surface area contributed by atoms with E-state index in [9.17, 15) is 15.0 Å². The van der Waals surface area contributed by atoms with Crippen molar-refractivity contribution in [3.05, 3.63) is 48.0 Å². The maximum absolute atomic E-state index is 12.0. The van der Waals surface area contributed by atoms with Crippen LogP contribution in [-0.4, -0.2) is 34.5 Å². The molecule has 0 aromatic heterocycles. The molecule has 1 aromatic rings. The molecule has 5 atom stereocenters. The maximum atomic E-state index is 12.0. The first-order chi connectivity index (χ1) is 13.1. The lowest BCUT2D eigenvalue weighted by Crippen LogP contribution is -2.26. The van der Waals surface area contributed by atoms with Crippen molar-refractivity contribution in [2.75, 3.05) is 0 Å². The molecule has 1 aliphatic heterocycles. The number of fused-ring (bicyclic) bond motifs is 1. The van der Waals surface area contributed by atoms with Crippen molar-refractivity contribution in [3.8, 4) is 0 Å². The monoisotopic (exact) mass is 372 g/mol. The molecule has 1 heterocycles. The van der Waals surface area contributed by atoms with Crippen LogP contribution in [0.4, 0.5) is 0 Å². The molecule has 0 bridgehead atoms. The van der Waals surface area contributed by atoms with Gasteiger partial charge in [-0.3, -0.25) is 4.79 Å². The zero-order chi connectivity index (χ0) is 19.1. The Hall–Kier alpha value is -1.65. The standard InChI is InChI=1S/C23H32O4/c24-18(13-12-17-8-4-3-5-9-17)14-15-19-20-10-6-1-2-7-11-23(26)27-22(20)16-21(19)25/h1,3-6,8-9,18-22,24-25H,2,7,10-16H2/t18-,19+,20+,21+,22-/m0/s1. The van der Waals surface area contributed by atoms with E-state index in [4.69, 9.17) is 4.74 Å². The van der Waals surface area contributed by atoms with Gasteiger partial charge in [0.15, 0.2) is 0 Å². The third-order valence-corrected chi connectivity index (χ3v) is 6.05. The van der Waals surface area contributed by atoms with E-state index < -0.39 is 6.10 Å². The topological polar surface area (TPSA) is 66.8 Å². The Labute approximate surface area is 162 Å². The second kappa shape index (κ2) is 10.0. The van der Waals surface area contributed by atoms with Crippen LogP contribution in [0.5, 0.6) is 0 Å². The van der Waals surface area contributed by atoms with E-state index in [2.05, 4.69) is 24.3 Å². The Balaban J connectivity index is 1.53. The van der Waals surface area contributed by atoms with Crippen molar-refractivity contribution in [1.82, 2.24) is 0 Å². The van der Waals surface area contributed by atoms with Crippen molar-refractivity contribution in [2.24, 2.45) is 11.8 Å². The molecule has 3 rings (SSSR count). The SMILES string of the molecule is O=C1CCCC=CC[C@@H]2[C@@H](CC[C@@H](O)CCc3ccccc3)[C@H](O)C[C@@H]2O1. The quantitative estimate of drug-likeness (QED) is 0.589. The third-order valence-electron chi connectivity index (χ3n) is 6.05. The largest absolute Gasteiger partial charge is 0.462 e. The molecule has 0 radical (unpaired) electrons. The van der Waals surface area contributed by atoms with Gasteiger partial charge in [-0.05, 0) is 56.4 Å². The van der Waals surface area contributed by atoms with Crippen LogP contribution in [0.25, 0.3) is 0 Å². The van der Waals surface area contributed by atoms with Gasteiger partial charge in [-0.25, -0.2) is 0 Å². The molecule has 2 N–H and O–H groups in total. The molecule has 0 saturated heterocycles. The van der Waals surface area contributed by atoms with Gasteiger partial charge in [0.1, 0.15) is 6.10 Å². The van der Waals surface area contributed by atoms with Crippen molar-refractivity contribution in [2.45, 2.75) is 76.1 Å². The summed E-state index contributed by atoms with van der Waals surface area (Å²) in [7, 11) is 0. The minimum absolute atomic E-state index is 0.0817.